The molecular formula is C20H25N7O2S. The molecular weight excluding hydrogens is 402 g/mol. The number of carbonyl (C=O) groups is 1. The van der Waals surface area contributed by atoms with Crippen molar-refractivity contribution in [1.29, 1.82) is 0 Å². The van der Waals surface area contributed by atoms with Crippen LogP contribution in [0.2, 0.25) is 0 Å². The summed E-state index contributed by atoms with van der Waals surface area (Å²) in [5.74, 6) is 0.771. The quantitative estimate of drug-likeness (QED) is 0.561. The summed E-state index contributed by atoms with van der Waals surface area (Å²) in [7, 11) is 0. The number of benzene rings is 1. The fourth-order valence-electron chi connectivity index (χ4n) is 3.43. The summed E-state index contributed by atoms with van der Waals surface area (Å²) in [5.41, 5.74) is 7.79. The van der Waals surface area contributed by atoms with Crippen molar-refractivity contribution >= 4 is 33.7 Å². The molecule has 30 heavy (non-hydrogen) atoms. The smallest absolute Gasteiger partial charge is 0.276 e. The van der Waals surface area contributed by atoms with E-state index in [1.807, 2.05) is 12.1 Å². The van der Waals surface area contributed by atoms with Gasteiger partial charge in [-0.25, -0.2) is 0 Å². The molecule has 3 heterocycles. The predicted octanol–water partition coefficient (Wildman–Crippen LogP) is 1.25. The highest BCUT2D eigenvalue weighted by Gasteiger charge is 2.19. The number of nitrogens with zero attached hydrogens (tertiary/aromatic N) is 4. The average molecular weight is 428 g/mol. The standard InChI is InChI=1S/C20H25N7O2S/c1-12(2)13-7-14(9-15(8-13)23-17(29)11-21)19-25-27-18(26-5-3-22-4-6-26)10-16(28)24-20(27)30-19/h7-10,12,22H,3-6,11,21H2,1-2H3,(H,23,29). The molecule has 0 radical (unpaired) electrons. The summed E-state index contributed by atoms with van der Waals surface area (Å²) >= 11 is 1.36. The highest BCUT2D eigenvalue weighted by Crippen LogP contribution is 2.32. The second kappa shape index (κ2) is 8.50. The van der Waals surface area contributed by atoms with Crippen LogP contribution >= 0.6 is 11.3 Å². The summed E-state index contributed by atoms with van der Waals surface area (Å²) in [6, 6.07) is 7.42. The van der Waals surface area contributed by atoms with E-state index in [2.05, 4.69) is 40.4 Å². The van der Waals surface area contributed by atoms with Crippen LogP contribution in [-0.4, -0.2) is 53.2 Å². The van der Waals surface area contributed by atoms with Crippen molar-refractivity contribution in [3.63, 3.8) is 0 Å². The summed E-state index contributed by atoms with van der Waals surface area (Å²) < 4.78 is 1.74. The topological polar surface area (TPSA) is 118 Å². The van der Waals surface area contributed by atoms with E-state index in [1.165, 1.54) is 11.3 Å². The molecule has 0 unspecified atom stereocenters. The second-order valence-electron chi connectivity index (χ2n) is 7.54. The van der Waals surface area contributed by atoms with Gasteiger partial charge in [-0.15, -0.1) is 0 Å². The normalized spacial score (nSPS) is 14.5. The van der Waals surface area contributed by atoms with Crippen LogP contribution in [0.15, 0.2) is 29.1 Å². The molecule has 2 aromatic heterocycles. The maximum absolute atomic E-state index is 12.2. The predicted molar refractivity (Wildman–Crippen MR) is 119 cm³/mol. The van der Waals surface area contributed by atoms with Gasteiger partial charge in [0, 0.05) is 43.5 Å². The third-order valence-corrected chi connectivity index (χ3v) is 5.97. The Morgan fingerprint density at radius 3 is 2.73 bits per heavy atom. The van der Waals surface area contributed by atoms with E-state index in [9.17, 15) is 9.59 Å². The molecule has 0 saturated carbocycles. The minimum Gasteiger partial charge on any atom is -0.354 e. The van der Waals surface area contributed by atoms with Crippen LogP contribution < -0.4 is 26.8 Å². The Labute approximate surface area is 177 Å². The number of rotatable bonds is 5. The Kier molecular flexibility index (Phi) is 5.80. The number of piperazine rings is 1. The molecule has 158 valence electrons. The Morgan fingerprint density at radius 2 is 2.03 bits per heavy atom. The van der Waals surface area contributed by atoms with Gasteiger partial charge in [-0.1, -0.05) is 25.2 Å². The summed E-state index contributed by atoms with van der Waals surface area (Å²) in [4.78, 5) is 30.8. The monoisotopic (exact) mass is 427 g/mol. The second-order valence-corrected chi connectivity index (χ2v) is 8.50. The summed E-state index contributed by atoms with van der Waals surface area (Å²) in [6.07, 6.45) is 0. The lowest BCUT2D eigenvalue weighted by Crippen LogP contribution is -2.44. The van der Waals surface area contributed by atoms with E-state index in [4.69, 9.17) is 10.8 Å². The molecule has 1 amide bonds. The van der Waals surface area contributed by atoms with Gasteiger partial charge in [0.2, 0.25) is 10.9 Å². The van der Waals surface area contributed by atoms with E-state index in [-0.39, 0.29) is 23.9 Å². The van der Waals surface area contributed by atoms with Crippen molar-refractivity contribution < 1.29 is 4.79 Å². The van der Waals surface area contributed by atoms with Crippen LogP contribution in [-0.2, 0) is 4.79 Å². The summed E-state index contributed by atoms with van der Waals surface area (Å²) in [6.45, 7) is 7.42. The fraction of sp³-hybridized carbons (Fsp3) is 0.400. The minimum absolute atomic E-state index is 0.0809. The fourth-order valence-corrected chi connectivity index (χ4v) is 4.32. The molecule has 4 rings (SSSR count). The van der Waals surface area contributed by atoms with Crippen molar-refractivity contribution in [2.75, 3.05) is 42.9 Å². The van der Waals surface area contributed by atoms with Crippen LogP contribution in [0.1, 0.15) is 25.3 Å². The highest BCUT2D eigenvalue weighted by atomic mass is 32.1. The zero-order chi connectivity index (χ0) is 21.3. The SMILES string of the molecule is CC(C)c1cc(NC(=O)CN)cc(-c2nn3c(N4CCNCC4)cc(=O)nc3s2)c1. The number of hydrogen-bond donors (Lipinski definition) is 3. The van der Waals surface area contributed by atoms with Crippen molar-refractivity contribution in [3.8, 4) is 10.6 Å². The van der Waals surface area contributed by atoms with Gasteiger partial charge in [0.25, 0.3) is 5.56 Å². The molecule has 1 aromatic carbocycles. The molecule has 0 spiro atoms. The van der Waals surface area contributed by atoms with Gasteiger partial charge < -0.3 is 21.3 Å². The molecule has 9 nitrogen and oxygen atoms in total. The van der Waals surface area contributed by atoms with Crippen molar-refractivity contribution in [2.45, 2.75) is 19.8 Å². The minimum atomic E-state index is -0.273. The van der Waals surface area contributed by atoms with Crippen molar-refractivity contribution in [2.24, 2.45) is 5.73 Å². The number of hydrogen-bond acceptors (Lipinski definition) is 8. The molecule has 0 atom stereocenters. The van der Waals surface area contributed by atoms with E-state index < -0.39 is 0 Å². The van der Waals surface area contributed by atoms with Crippen LogP contribution in [0.3, 0.4) is 0 Å². The zero-order valence-electron chi connectivity index (χ0n) is 17.0. The Hall–Kier alpha value is -2.82. The maximum Gasteiger partial charge on any atom is 0.276 e. The lowest BCUT2D eigenvalue weighted by Gasteiger charge is -2.28. The Morgan fingerprint density at radius 1 is 1.27 bits per heavy atom. The van der Waals surface area contributed by atoms with E-state index >= 15 is 0 Å². The molecule has 10 heteroatoms. The largest absolute Gasteiger partial charge is 0.354 e. The molecule has 0 aliphatic carbocycles. The van der Waals surface area contributed by atoms with Crippen molar-refractivity contribution in [3.05, 3.63) is 40.2 Å². The number of carbonyl (C=O) groups excluding carboxylic acids is 1. The van der Waals surface area contributed by atoms with Gasteiger partial charge in [0.1, 0.15) is 10.8 Å². The molecule has 1 fully saturated rings. The van der Waals surface area contributed by atoms with Gasteiger partial charge in [-0.05, 0) is 29.7 Å². The lowest BCUT2D eigenvalue weighted by molar-refractivity contribution is -0.114. The molecule has 0 bridgehead atoms. The molecule has 1 aliphatic rings. The summed E-state index contributed by atoms with van der Waals surface area (Å²) in [5, 5.41) is 11.7. The van der Waals surface area contributed by atoms with Crippen LogP contribution in [0, 0.1) is 0 Å². The van der Waals surface area contributed by atoms with Gasteiger partial charge in [-0.3, -0.25) is 9.59 Å². The van der Waals surface area contributed by atoms with Crippen LogP contribution in [0.5, 0.6) is 0 Å². The van der Waals surface area contributed by atoms with Gasteiger partial charge in [-0.2, -0.15) is 14.6 Å². The first-order chi connectivity index (χ1) is 14.4. The first-order valence-electron chi connectivity index (χ1n) is 9.96. The molecule has 3 aromatic rings. The Bertz CT molecular complexity index is 1130. The first-order valence-corrected chi connectivity index (χ1v) is 10.8. The maximum atomic E-state index is 12.2. The van der Waals surface area contributed by atoms with Crippen LogP contribution in [0.25, 0.3) is 15.5 Å². The lowest BCUT2D eigenvalue weighted by atomic mass is 10.00. The van der Waals surface area contributed by atoms with Gasteiger partial charge in [0.15, 0.2) is 0 Å². The van der Waals surface area contributed by atoms with E-state index in [0.717, 1.165) is 48.1 Å². The zero-order valence-corrected chi connectivity index (χ0v) is 17.8. The average Bonchev–Trinajstić information content (AvgIpc) is 3.17. The number of nitrogens with one attached hydrogen (secondary N) is 2. The van der Waals surface area contributed by atoms with Crippen LogP contribution in [0.4, 0.5) is 11.5 Å². The number of anilines is 2. The molecule has 1 saturated heterocycles. The first kappa shape index (κ1) is 20.5. The number of aromatic nitrogens is 3. The Balaban J connectivity index is 1.81. The van der Waals surface area contributed by atoms with E-state index in [0.29, 0.717) is 10.6 Å². The number of amides is 1. The van der Waals surface area contributed by atoms with Crippen molar-refractivity contribution in [1.82, 2.24) is 19.9 Å². The number of fused-ring (bicyclic) bond motifs is 1. The molecule has 1 aliphatic heterocycles. The highest BCUT2D eigenvalue weighted by molar-refractivity contribution is 7.19. The number of nitrogens with two attached hydrogens (primary N) is 1. The van der Waals surface area contributed by atoms with Gasteiger partial charge in [0.05, 0.1) is 6.54 Å². The molecule has 4 N–H and O–H groups in total. The third kappa shape index (κ3) is 4.20. The van der Waals surface area contributed by atoms with E-state index in [1.54, 1.807) is 10.6 Å². The third-order valence-electron chi connectivity index (χ3n) is 5.01. The van der Waals surface area contributed by atoms with Gasteiger partial charge >= 0.3 is 0 Å².